The maximum atomic E-state index is 8.98. The second-order valence-electron chi connectivity index (χ2n) is 2.67. The number of nitrogens with zero attached hydrogens (tertiary/aromatic N) is 2. The fourth-order valence-corrected chi connectivity index (χ4v) is 1.16. The normalized spacial score (nSPS) is 9.92. The Bertz CT molecular complexity index is 294. The van der Waals surface area contributed by atoms with E-state index in [4.69, 9.17) is 14.8 Å². The minimum Gasteiger partial charge on any atom is -0.467 e. The summed E-state index contributed by atoms with van der Waals surface area (Å²) in [5, 5.41) is 18.0. The number of aromatic nitrogens is 2. The Balaban J connectivity index is 3.23. The highest BCUT2D eigenvalue weighted by atomic mass is 16.5. The fraction of sp³-hybridized carbons (Fsp3) is 0.429. The molecule has 5 nitrogen and oxygen atoms in total. The zero-order chi connectivity index (χ0) is 10.0. The van der Waals surface area contributed by atoms with Gasteiger partial charge in [0.05, 0.1) is 7.11 Å². The molecule has 0 unspecified atom stereocenters. The summed E-state index contributed by atoms with van der Waals surface area (Å²) in [5.41, 5.74) is 1.36. The number of hydrogen-bond donors (Lipinski definition) is 2. The molecular weight excluding hydrogens is 171 g/mol. The van der Waals surface area contributed by atoms with Gasteiger partial charge < -0.3 is 14.8 Å². The maximum Gasteiger partial charge on any atom is 0.492 e. The van der Waals surface area contributed by atoms with Gasteiger partial charge in [0.2, 0.25) is 0 Å². The quantitative estimate of drug-likeness (QED) is 0.560. The summed E-state index contributed by atoms with van der Waals surface area (Å²) in [6, 6.07) is 0.236. The van der Waals surface area contributed by atoms with Crippen molar-refractivity contribution >= 4 is 12.6 Å². The molecule has 0 aromatic carbocycles. The van der Waals surface area contributed by atoms with Crippen LogP contribution in [0.2, 0.25) is 0 Å². The summed E-state index contributed by atoms with van der Waals surface area (Å²) in [6.07, 6.45) is 0. The molecule has 0 spiro atoms. The molecule has 70 valence electrons. The number of aryl methyl sites for hydroxylation is 2. The van der Waals surface area contributed by atoms with Crippen molar-refractivity contribution in [1.82, 2.24) is 9.97 Å². The van der Waals surface area contributed by atoms with E-state index in [9.17, 15) is 0 Å². The number of methoxy groups -OCH3 is 1. The van der Waals surface area contributed by atoms with E-state index >= 15 is 0 Å². The van der Waals surface area contributed by atoms with Gasteiger partial charge in [-0.2, -0.15) is 0 Å². The monoisotopic (exact) mass is 182 g/mol. The fourth-order valence-electron chi connectivity index (χ4n) is 1.16. The van der Waals surface area contributed by atoms with E-state index in [1.807, 2.05) is 0 Å². The molecule has 0 saturated carbocycles. The smallest absolute Gasteiger partial charge is 0.467 e. The summed E-state index contributed by atoms with van der Waals surface area (Å²) >= 11 is 0. The highest BCUT2D eigenvalue weighted by Gasteiger charge is 2.19. The van der Waals surface area contributed by atoms with Crippen molar-refractivity contribution < 1.29 is 14.8 Å². The lowest BCUT2D eigenvalue weighted by atomic mass is 9.78. The van der Waals surface area contributed by atoms with Crippen molar-refractivity contribution in [2.24, 2.45) is 0 Å². The van der Waals surface area contributed by atoms with Crippen molar-refractivity contribution in [1.29, 1.82) is 0 Å². The lowest BCUT2D eigenvalue weighted by Crippen LogP contribution is -2.36. The summed E-state index contributed by atoms with van der Waals surface area (Å²) in [4.78, 5) is 7.84. The van der Waals surface area contributed by atoms with Gasteiger partial charge in [-0.05, 0) is 13.8 Å². The van der Waals surface area contributed by atoms with Crippen LogP contribution in [0.5, 0.6) is 6.01 Å². The predicted octanol–water partition coefficient (Wildman–Crippen LogP) is -1.22. The molecule has 2 N–H and O–H groups in total. The van der Waals surface area contributed by atoms with E-state index in [2.05, 4.69) is 9.97 Å². The average molecular weight is 182 g/mol. The third-order valence-corrected chi connectivity index (χ3v) is 1.75. The molecule has 1 heterocycles. The topological polar surface area (TPSA) is 75.5 Å². The van der Waals surface area contributed by atoms with Crippen LogP contribution < -0.4 is 10.2 Å². The Hall–Kier alpha value is -1.14. The molecule has 0 saturated heterocycles. The first-order valence-corrected chi connectivity index (χ1v) is 3.81. The lowest BCUT2D eigenvalue weighted by molar-refractivity contribution is 0.377. The van der Waals surface area contributed by atoms with Crippen LogP contribution in [0.15, 0.2) is 0 Å². The van der Waals surface area contributed by atoms with E-state index in [-0.39, 0.29) is 6.01 Å². The molecule has 0 aliphatic carbocycles. The van der Waals surface area contributed by atoms with Gasteiger partial charge >= 0.3 is 13.1 Å². The molecule has 13 heavy (non-hydrogen) atoms. The maximum absolute atomic E-state index is 8.98. The second kappa shape index (κ2) is 3.72. The van der Waals surface area contributed by atoms with Gasteiger partial charge in [-0.3, -0.25) is 0 Å². The molecule has 0 fully saturated rings. The van der Waals surface area contributed by atoms with Gasteiger partial charge in [0.25, 0.3) is 0 Å². The molecule has 6 heteroatoms. The van der Waals surface area contributed by atoms with E-state index in [1.54, 1.807) is 13.8 Å². The third-order valence-electron chi connectivity index (χ3n) is 1.75. The molecule has 1 rings (SSSR count). The Labute approximate surface area is 76.6 Å². The van der Waals surface area contributed by atoms with Crippen LogP contribution in [0.3, 0.4) is 0 Å². The predicted molar refractivity (Wildman–Crippen MR) is 47.9 cm³/mol. The average Bonchev–Trinajstić information content (AvgIpc) is 2.02. The van der Waals surface area contributed by atoms with Crippen LogP contribution in [0, 0.1) is 13.8 Å². The highest BCUT2D eigenvalue weighted by molar-refractivity contribution is 6.59. The van der Waals surface area contributed by atoms with Gasteiger partial charge in [0.1, 0.15) is 0 Å². The van der Waals surface area contributed by atoms with Gasteiger partial charge in [0, 0.05) is 16.9 Å². The van der Waals surface area contributed by atoms with Crippen LogP contribution in [0.4, 0.5) is 0 Å². The molecular formula is C7H11BN2O3. The molecule has 0 amide bonds. The molecule has 0 aliphatic heterocycles. The number of hydrogen-bond acceptors (Lipinski definition) is 5. The SMILES string of the molecule is COc1nc(C)c(B(O)O)c(C)n1. The summed E-state index contributed by atoms with van der Waals surface area (Å²) in [6.45, 7) is 3.35. The van der Waals surface area contributed by atoms with Gasteiger partial charge in [-0.1, -0.05) is 0 Å². The largest absolute Gasteiger partial charge is 0.492 e. The van der Waals surface area contributed by atoms with E-state index in [0.717, 1.165) is 0 Å². The zero-order valence-electron chi connectivity index (χ0n) is 7.77. The summed E-state index contributed by atoms with van der Waals surface area (Å²) in [7, 11) is -0.0746. The zero-order valence-corrected chi connectivity index (χ0v) is 7.77. The van der Waals surface area contributed by atoms with Crippen molar-refractivity contribution in [3.05, 3.63) is 11.4 Å². The first-order chi connectivity index (χ1) is 6.06. The standard InChI is InChI=1S/C7H11BN2O3/c1-4-6(8(11)12)5(2)10-7(9-4)13-3/h11-12H,1-3H3. The van der Waals surface area contributed by atoms with Crippen molar-refractivity contribution in [3.63, 3.8) is 0 Å². The van der Waals surface area contributed by atoms with Crippen LogP contribution in [-0.4, -0.2) is 34.2 Å². The number of ether oxygens (including phenoxy) is 1. The summed E-state index contributed by atoms with van der Waals surface area (Å²) < 4.78 is 4.83. The van der Waals surface area contributed by atoms with Crippen molar-refractivity contribution in [3.8, 4) is 6.01 Å². The minimum atomic E-state index is -1.54. The molecule has 0 aliphatic rings. The van der Waals surface area contributed by atoms with E-state index in [0.29, 0.717) is 16.9 Å². The van der Waals surface area contributed by atoms with Crippen molar-refractivity contribution in [2.45, 2.75) is 13.8 Å². The van der Waals surface area contributed by atoms with Gasteiger partial charge in [0.15, 0.2) is 0 Å². The van der Waals surface area contributed by atoms with Crippen LogP contribution >= 0.6 is 0 Å². The van der Waals surface area contributed by atoms with Gasteiger partial charge in [-0.15, -0.1) is 0 Å². The first-order valence-electron chi connectivity index (χ1n) is 3.81. The van der Waals surface area contributed by atoms with E-state index < -0.39 is 7.12 Å². The minimum absolute atomic E-state index is 0.236. The molecule has 1 aromatic heterocycles. The van der Waals surface area contributed by atoms with Crippen LogP contribution in [0.1, 0.15) is 11.4 Å². The first kappa shape index (κ1) is 9.95. The molecule has 0 atom stereocenters. The van der Waals surface area contributed by atoms with Crippen LogP contribution in [-0.2, 0) is 0 Å². The molecule has 0 radical (unpaired) electrons. The van der Waals surface area contributed by atoms with Crippen LogP contribution in [0.25, 0.3) is 0 Å². The Morgan fingerprint density at radius 3 is 1.92 bits per heavy atom. The Morgan fingerprint density at radius 1 is 1.15 bits per heavy atom. The Kier molecular flexibility index (Phi) is 2.85. The van der Waals surface area contributed by atoms with Gasteiger partial charge in [-0.25, -0.2) is 9.97 Å². The number of rotatable bonds is 2. The van der Waals surface area contributed by atoms with E-state index in [1.165, 1.54) is 7.11 Å². The Morgan fingerprint density at radius 2 is 1.62 bits per heavy atom. The summed E-state index contributed by atoms with van der Waals surface area (Å²) in [5.74, 6) is 0. The highest BCUT2D eigenvalue weighted by Crippen LogP contribution is 2.03. The second-order valence-corrected chi connectivity index (χ2v) is 2.67. The third kappa shape index (κ3) is 1.96. The van der Waals surface area contributed by atoms with Crippen molar-refractivity contribution in [2.75, 3.05) is 7.11 Å². The molecule has 0 bridgehead atoms. The molecule has 1 aromatic rings. The lowest BCUT2D eigenvalue weighted by Gasteiger charge is -2.08.